The summed E-state index contributed by atoms with van der Waals surface area (Å²) >= 11 is 4.99. The highest BCUT2D eigenvalue weighted by atomic mass is 32.1. The fourth-order valence-electron chi connectivity index (χ4n) is 1.65. The molecule has 3 nitrogen and oxygen atoms in total. The van der Waals surface area contributed by atoms with Gasteiger partial charge in [-0.25, -0.2) is 0 Å². The summed E-state index contributed by atoms with van der Waals surface area (Å²) in [6.45, 7) is 6.84. The number of anilines is 1. The molecule has 0 saturated carbocycles. The summed E-state index contributed by atoms with van der Waals surface area (Å²) in [5.74, 6) is 0.694. The molecule has 0 saturated heterocycles. The van der Waals surface area contributed by atoms with Crippen LogP contribution in [0.25, 0.3) is 0 Å². The van der Waals surface area contributed by atoms with Gasteiger partial charge in [0, 0.05) is 31.5 Å². The number of nitrogens with two attached hydrogens (primary N) is 1. The lowest BCUT2D eigenvalue weighted by Gasteiger charge is -2.20. The van der Waals surface area contributed by atoms with E-state index in [9.17, 15) is 0 Å². The first kappa shape index (κ1) is 15.9. The lowest BCUT2D eigenvalue weighted by molar-refractivity contribution is 0.130. The molecule has 0 bridgehead atoms. The minimum atomic E-state index is 0.434. The molecule has 0 aliphatic rings. The molecule has 1 aromatic carbocycles. The van der Waals surface area contributed by atoms with Gasteiger partial charge in [-0.3, -0.25) is 0 Å². The monoisotopic (exact) mass is 280 g/mol. The van der Waals surface area contributed by atoms with Crippen LogP contribution in [0.2, 0.25) is 0 Å². The largest absolute Gasteiger partial charge is 0.389 e. The quantitative estimate of drug-likeness (QED) is 0.587. The number of benzene rings is 1. The summed E-state index contributed by atoms with van der Waals surface area (Å²) in [5, 5.41) is 0. The Morgan fingerprint density at radius 3 is 2.74 bits per heavy atom. The Morgan fingerprint density at radius 1 is 1.37 bits per heavy atom. The minimum absolute atomic E-state index is 0.434. The molecule has 1 rings (SSSR count). The molecule has 0 aliphatic heterocycles. The molecule has 4 heteroatoms. The number of nitrogens with zero attached hydrogens (tertiary/aromatic N) is 1. The summed E-state index contributed by atoms with van der Waals surface area (Å²) in [4.78, 5) is 2.58. The zero-order valence-corrected chi connectivity index (χ0v) is 12.9. The molecule has 0 aliphatic carbocycles. The van der Waals surface area contributed by atoms with E-state index in [1.807, 2.05) is 25.2 Å². The molecule has 1 aromatic rings. The van der Waals surface area contributed by atoms with Crippen LogP contribution >= 0.6 is 12.2 Å². The molecule has 0 heterocycles. The van der Waals surface area contributed by atoms with Crippen molar-refractivity contribution in [2.24, 2.45) is 11.7 Å². The van der Waals surface area contributed by atoms with Crippen molar-refractivity contribution in [3.63, 3.8) is 0 Å². The lowest BCUT2D eigenvalue weighted by Crippen LogP contribution is -2.23. The highest BCUT2D eigenvalue weighted by Crippen LogP contribution is 2.14. The van der Waals surface area contributed by atoms with Crippen molar-refractivity contribution in [1.29, 1.82) is 0 Å². The van der Waals surface area contributed by atoms with Gasteiger partial charge in [0.15, 0.2) is 0 Å². The standard InChI is InChI=1S/C15H24N2OS/c1-12(2)7-9-18-10-8-17(3)14-6-4-5-13(11-14)15(16)19/h4-6,11-12H,7-10H2,1-3H3,(H2,16,19). The molecule has 0 amide bonds. The first-order valence-corrected chi connectivity index (χ1v) is 7.10. The zero-order valence-electron chi connectivity index (χ0n) is 12.1. The third-order valence-corrected chi connectivity index (χ3v) is 3.22. The molecule has 0 fully saturated rings. The number of hydrogen-bond acceptors (Lipinski definition) is 3. The molecule has 0 unspecified atom stereocenters. The number of likely N-dealkylation sites (N-methyl/N-ethyl adjacent to an activating group) is 1. The van der Waals surface area contributed by atoms with Crippen LogP contribution in [0.5, 0.6) is 0 Å². The van der Waals surface area contributed by atoms with Gasteiger partial charge in [-0.15, -0.1) is 0 Å². The number of hydrogen-bond donors (Lipinski definition) is 1. The smallest absolute Gasteiger partial charge is 0.104 e. The van der Waals surface area contributed by atoms with Crippen LogP contribution in [-0.2, 0) is 4.74 Å². The average Bonchev–Trinajstić information content (AvgIpc) is 2.37. The Kier molecular flexibility index (Phi) is 6.81. The van der Waals surface area contributed by atoms with Crippen molar-refractivity contribution in [1.82, 2.24) is 0 Å². The second-order valence-corrected chi connectivity index (χ2v) is 5.57. The van der Waals surface area contributed by atoms with Crippen LogP contribution < -0.4 is 10.6 Å². The summed E-state index contributed by atoms with van der Waals surface area (Å²) in [6, 6.07) is 7.96. The first-order chi connectivity index (χ1) is 9.00. The van der Waals surface area contributed by atoms with Crippen molar-refractivity contribution < 1.29 is 4.74 Å². The van der Waals surface area contributed by atoms with Gasteiger partial charge < -0.3 is 15.4 Å². The van der Waals surface area contributed by atoms with Crippen LogP contribution in [-0.4, -0.2) is 31.8 Å². The Bertz CT molecular complexity index is 407. The van der Waals surface area contributed by atoms with E-state index in [0.717, 1.165) is 37.4 Å². The van der Waals surface area contributed by atoms with Gasteiger partial charge in [0.05, 0.1) is 6.61 Å². The maximum absolute atomic E-state index is 5.64. The van der Waals surface area contributed by atoms with Crippen LogP contribution in [0.15, 0.2) is 24.3 Å². The fraction of sp³-hybridized carbons (Fsp3) is 0.533. The van der Waals surface area contributed by atoms with E-state index in [-0.39, 0.29) is 0 Å². The third-order valence-electron chi connectivity index (χ3n) is 2.98. The molecule has 0 radical (unpaired) electrons. The van der Waals surface area contributed by atoms with E-state index >= 15 is 0 Å². The lowest BCUT2D eigenvalue weighted by atomic mass is 10.1. The second kappa shape index (κ2) is 8.12. The minimum Gasteiger partial charge on any atom is -0.389 e. The second-order valence-electron chi connectivity index (χ2n) is 5.13. The fourth-order valence-corrected chi connectivity index (χ4v) is 1.78. The van der Waals surface area contributed by atoms with E-state index in [0.29, 0.717) is 10.9 Å². The summed E-state index contributed by atoms with van der Waals surface area (Å²) < 4.78 is 5.62. The van der Waals surface area contributed by atoms with Gasteiger partial charge in [0.2, 0.25) is 0 Å². The topological polar surface area (TPSA) is 38.5 Å². The van der Waals surface area contributed by atoms with Crippen LogP contribution in [0.4, 0.5) is 5.69 Å². The van der Waals surface area contributed by atoms with Crippen molar-refractivity contribution in [2.45, 2.75) is 20.3 Å². The highest BCUT2D eigenvalue weighted by Gasteiger charge is 2.03. The van der Waals surface area contributed by atoms with E-state index in [2.05, 4.69) is 24.8 Å². The molecule has 19 heavy (non-hydrogen) atoms. The highest BCUT2D eigenvalue weighted by molar-refractivity contribution is 7.80. The van der Waals surface area contributed by atoms with Crippen molar-refractivity contribution in [3.8, 4) is 0 Å². The van der Waals surface area contributed by atoms with Crippen LogP contribution in [0, 0.1) is 5.92 Å². The molecule has 0 atom stereocenters. The normalized spacial score (nSPS) is 10.7. The Morgan fingerprint density at radius 2 is 2.11 bits per heavy atom. The summed E-state index contributed by atoms with van der Waals surface area (Å²) in [7, 11) is 2.05. The number of ether oxygens (including phenoxy) is 1. The van der Waals surface area contributed by atoms with Gasteiger partial charge >= 0.3 is 0 Å². The predicted molar refractivity (Wildman–Crippen MR) is 85.9 cm³/mol. The average molecular weight is 280 g/mol. The predicted octanol–water partition coefficient (Wildman–Crippen LogP) is 2.82. The third kappa shape index (κ3) is 6.03. The molecular formula is C15H24N2OS. The molecule has 0 spiro atoms. The van der Waals surface area contributed by atoms with Crippen LogP contribution in [0.3, 0.4) is 0 Å². The molecule has 0 aromatic heterocycles. The van der Waals surface area contributed by atoms with Crippen molar-refractivity contribution in [3.05, 3.63) is 29.8 Å². The molecule has 2 N–H and O–H groups in total. The summed E-state index contributed by atoms with van der Waals surface area (Å²) in [6.07, 6.45) is 1.11. The van der Waals surface area contributed by atoms with Gasteiger partial charge in [-0.05, 0) is 24.5 Å². The maximum atomic E-state index is 5.64. The first-order valence-electron chi connectivity index (χ1n) is 6.69. The van der Waals surface area contributed by atoms with Gasteiger partial charge in [0.1, 0.15) is 4.99 Å². The van der Waals surface area contributed by atoms with Gasteiger partial charge in [-0.2, -0.15) is 0 Å². The van der Waals surface area contributed by atoms with Crippen LogP contribution in [0.1, 0.15) is 25.8 Å². The SMILES string of the molecule is CC(C)CCOCCN(C)c1cccc(C(N)=S)c1. The van der Waals surface area contributed by atoms with E-state index in [1.54, 1.807) is 0 Å². The Labute approximate surface area is 121 Å². The maximum Gasteiger partial charge on any atom is 0.104 e. The zero-order chi connectivity index (χ0) is 14.3. The van der Waals surface area contributed by atoms with Gasteiger partial charge in [-0.1, -0.05) is 38.2 Å². The molecular weight excluding hydrogens is 256 g/mol. The molecule has 106 valence electrons. The van der Waals surface area contributed by atoms with E-state index in [4.69, 9.17) is 22.7 Å². The Hall–Kier alpha value is -1.13. The number of thiocarbonyl (C=S) groups is 1. The van der Waals surface area contributed by atoms with Crippen molar-refractivity contribution >= 4 is 22.9 Å². The van der Waals surface area contributed by atoms with E-state index < -0.39 is 0 Å². The van der Waals surface area contributed by atoms with Crippen molar-refractivity contribution in [2.75, 3.05) is 31.7 Å². The summed E-state index contributed by atoms with van der Waals surface area (Å²) in [5.41, 5.74) is 7.65. The van der Waals surface area contributed by atoms with E-state index in [1.165, 1.54) is 0 Å². The number of rotatable bonds is 8. The Balaban J connectivity index is 2.38. The van der Waals surface area contributed by atoms with Gasteiger partial charge in [0.25, 0.3) is 0 Å².